The highest BCUT2D eigenvalue weighted by Crippen LogP contribution is 2.33. The van der Waals surface area contributed by atoms with Gasteiger partial charge < -0.3 is 15.8 Å². The molecule has 0 bridgehead atoms. The van der Waals surface area contributed by atoms with Crippen molar-refractivity contribution in [2.24, 2.45) is 11.1 Å². The van der Waals surface area contributed by atoms with Gasteiger partial charge in [0.1, 0.15) is 11.2 Å². The van der Waals surface area contributed by atoms with E-state index in [1.165, 1.54) is 18.2 Å². The summed E-state index contributed by atoms with van der Waals surface area (Å²) in [4.78, 5) is 12.7. The molecule has 1 heterocycles. The number of hydrogen-bond donors (Lipinski definition) is 2. The van der Waals surface area contributed by atoms with Gasteiger partial charge in [-0.25, -0.2) is 4.39 Å². The number of amides is 1. The topological polar surface area (TPSA) is 64.4 Å². The van der Waals surface area contributed by atoms with Gasteiger partial charge in [0.2, 0.25) is 5.91 Å². The van der Waals surface area contributed by atoms with Crippen LogP contribution in [0, 0.1) is 11.2 Å². The molecule has 7 heteroatoms. The highest BCUT2D eigenvalue weighted by atomic mass is 79.9. The molecule has 1 fully saturated rings. The van der Waals surface area contributed by atoms with E-state index < -0.39 is 5.41 Å². The molecule has 2 rings (SSSR count). The Morgan fingerprint density at radius 3 is 2.65 bits per heavy atom. The number of hydrogen-bond acceptors (Lipinski definition) is 3. The van der Waals surface area contributed by atoms with Crippen molar-refractivity contribution in [3.63, 3.8) is 0 Å². The zero-order chi connectivity index (χ0) is 14.8. The Bertz CT molecular complexity index is 547. The monoisotopic (exact) mass is 360 g/mol. The highest BCUT2D eigenvalue weighted by molar-refractivity contribution is 9.10. The van der Waals surface area contributed by atoms with Gasteiger partial charge in [0.15, 0.2) is 0 Å². The number of halogens is 2. The molecule has 1 saturated heterocycles. The third-order valence-corrected chi connectivity index (χ3v) is 4.48. The predicted octanol–water partition coefficient (Wildman–Crippen LogP) is 2.61. The number of carbonyl (C=O) groups excluding carboxylic acids is 1. The van der Waals surface area contributed by atoms with E-state index in [2.05, 4.69) is 21.2 Å². The van der Waals surface area contributed by atoms with Crippen molar-refractivity contribution in [2.75, 3.05) is 18.5 Å². The lowest BCUT2D eigenvalue weighted by atomic mass is 9.79. The second-order valence-electron chi connectivity index (χ2n) is 4.64. The summed E-state index contributed by atoms with van der Waals surface area (Å²) in [7, 11) is 0. The minimum atomic E-state index is -0.901. The quantitative estimate of drug-likeness (QED) is 0.813. The normalized spacial score (nSPS) is 17.5. The van der Waals surface area contributed by atoms with Crippen LogP contribution < -0.4 is 11.1 Å². The molecular weight excluding hydrogens is 347 g/mol. The first-order chi connectivity index (χ1) is 9.45. The summed E-state index contributed by atoms with van der Waals surface area (Å²) in [6.07, 6.45) is 0.903. The van der Waals surface area contributed by atoms with E-state index in [-0.39, 0.29) is 16.7 Å². The zero-order valence-corrected chi connectivity index (χ0v) is 13.0. The maximum absolute atomic E-state index is 13.0. The van der Waals surface area contributed by atoms with Gasteiger partial charge in [0.05, 0.1) is 10.7 Å². The number of nitrogens with one attached hydrogen (secondary N) is 1. The number of thiocarbonyl (C=S) groups is 1. The smallest absolute Gasteiger partial charge is 0.237 e. The Morgan fingerprint density at radius 2 is 2.10 bits per heavy atom. The van der Waals surface area contributed by atoms with E-state index in [9.17, 15) is 9.18 Å². The number of rotatable bonds is 3. The fourth-order valence-electron chi connectivity index (χ4n) is 2.14. The number of ether oxygens (including phenoxy) is 1. The van der Waals surface area contributed by atoms with Crippen LogP contribution in [0.4, 0.5) is 10.1 Å². The maximum Gasteiger partial charge on any atom is 0.237 e. The van der Waals surface area contributed by atoms with Gasteiger partial charge in [0, 0.05) is 17.7 Å². The SMILES string of the molecule is NC(=S)C1(C(=O)Nc2ccc(F)cc2Br)CCOCC1. The molecule has 1 aliphatic rings. The van der Waals surface area contributed by atoms with Crippen LogP contribution in [-0.4, -0.2) is 24.1 Å². The van der Waals surface area contributed by atoms with Crippen LogP contribution in [0.15, 0.2) is 22.7 Å². The average Bonchev–Trinajstić information content (AvgIpc) is 2.42. The van der Waals surface area contributed by atoms with Crippen LogP contribution in [0.5, 0.6) is 0 Å². The summed E-state index contributed by atoms with van der Waals surface area (Å²) >= 11 is 8.27. The second kappa shape index (κ2) is 6.15. The summed E-state index contributed by atoms with van der Waals surface area (Å²) in [6.45, 7) is 0.880. The van der Waals surface area contributed by atoms with Crippen molar-refractivity contribution in [1.82, 2.24) is 0 Å². The van der Waals surface area contributed by atoms with Crippen LogP contribution in [0.2, 0.25) is 0 Å². The van der Waals surface area contributed by atoms with Crippen molar-refractivity contribution in [2.45, 2.75) is 12.8 Å². The van der Waals surface area contributed by atoms with E-state index in [1.54, 1.807) is 0 Å². The Hall–Kier alpha value is -1.05. The predicted molar refractivity (Wildman–Crippen MR) is 82.0 cm³/mol. The number of anilines is 1. The molecule has 0 unspecified atom stereocenters. The number of carbonyl (C=O) groups is 1. The third-order valence-electron chi connectivity index (χ3n) is 3.43. The Labute approximate surface area is 130 Å². The van der Waals surface area contributed by atoms with Gasteiger partial charge in [-0.1, -0.05) is 12.2 Å². The van der Waals surface area contributed by atoms with Crippen LogP contribution in [0.25, 0.3) is 0 Å². The summed E-state index contributed by atoms with van der Waals surface area (Å²) in [5.74, 6) is -0.661. The van der Waals surface area contributed by atoms with Crippen LogP contribution in [0.3, 0.4) is 0 Å². The molecule has 1 aromatic carbocycles. The van der Waals surface area contributed by atoms with Gasteiger partial charge in [-0.05, 0) is 47.0 Å². The van der Waals surface area contributed by atoms with Crippen molar-refractivity contribution in [3.8, 4) is 0 Å². The third kappa shape index (κ3) is 2.99. The van der Waals surface area contributed by atoms with Crippen LogP contribution in [0.1, 0.15) is 12.8 Å². The molecular formula is C13H14BrFN2O2S. The first-order valence-electron chi connectivity index (χ1n) is 6.10. The van der Waals surface area contributed by atoms with E-state index in [0.29, 0.717) is 36.2 Å². The fraction of sp³-hybridized carbons (Fsp3) is 0.385. The molecule has 0 aliphatic carbocycles. The lowest BCUT2D eigenvalue weighted by Crippen LogP contribution is -2.49. The van der Waals surface area contributed by atoms with Gasteiger partial charge in [-0.2, -0.15) is 0 Å². The van der Waals surface area contributed by atoms with Crippen molar-refractivity contribution < 1.29 is 13.9 Å². The maximum atomic E-state index is 13.0. The largest absolute Gasteiger partial charge is 0.392 e. The first kappa shape index (κ1) is 15.3. The van der Waals surface area contributed by atoms with Gasteiger partial charge in [-0.3, -0.25) is 4.79 Å². The molecule has 1 amide bonds. The molecule has 0 aromatic heterocycles. The van der Waals surface area contributed by atoms with Crippen molar-refractivity contribution in [1.29, 1.82) is 0 Å². The Morgan fingerprint density at radius 1 is 1.45 bits per heavy atom. The number of benzene rings is 1. The molecule has 0 atom stereocenters. The van der Waals surface area contributed by atoms with Crippen molar-refractivity contribution in [3.05, 3.63) is 28.5 Å². The Kier molecular flexibility index (Phi) is 4.72. The lowest BCUT2D eigenvalue weighted by molar-refractivity contribution is -0.126. The van der Waals surface area contributed by atoms with Crippen LogP contribution in [-0.2, 0) is 9.53 Å². The average molecular weight is 361 g/mol. The fourth-order valence-corrected chi connectivity index (χ4v) is 2.88. The zero-order valence-electron chi connectivity index (χ0n) is 10.6. The highest BCUT2D eigenvalue weighted by Gasteiger charge is 2.43. The molecule has 4 nitrogen and oxygen atoms in total. The summed E-state index contributed by atoms with van der Waals surface area (Å²) in [5.41, 5.74) is 5.35. The van der Waals surface area contributed by atoms with E-state index >= 15 is 0 Å². The van der Waals surface area contributed by atoms with Gasteiger partial charge in [-0.15, -0.1) is 0 Å². The molecule has 108 valence electrons. The van der Waals surface area contributed by atoms with E-state index in [4.69, 9.17) is 22.7 Å². The summed E-state index contributed by atoms with van der Waals surface area (Å²) in [6, 6.07) is 4.05. The molecule has 3 N–H and O–H groups in total. The summed E-state index contributed by atoms with van der Waals surface area (Å²) in [5, 5.41) is 2.75. The van der Waals surface area contributed by atoms with E-state index in [0.717, 1.165) is 0 Å². The molecule has 0 spiro atoms. The first-order valence-corrected chi connectivity index (χ1v) is 7.30. The molecule has 0 saturated carbocycles. The van der Waals surface area contributed by atoms with Gasteiger partial charge >= 0.3 is 0 Å². The van der Waals surface area contributed by atoms with Crippen LogP contribution >= 0.6 is 28.1 Å². The lowest BCUT2D eigenvalue weighted by Gasteiger charge is -2.34. The molecule has 0 radical (unpaired) electrons. The second-order valence-corrected chi connectivity index (χ2v) is 5.93. The Balaban J connectivity index is 2.22. The summed E-state index contributed by atoms with van der Waals surface area (Å²) < 4.78 is 18.8. The number of nitrogens with two attached hydrogens (primary N) is 1. The molecule has 1 aromatic rings. The van der Waals surface area contributed by atoms with Crippen molar-refractivity contribution >= 4 is 44.7 Å². The van der Waals surface area contributed by atoms with Gasteiger partial charge in [0.25, 0.3) is 0 Å². The van der Waals surface area contributed by atoms with E-state index in [1.807, 2.05) is 0 Å². The minimum absolute atomic E-state index is 0.163. The standard InChI is InChI=1S/C13H14BrFN2O2S/c14-9-7-8(15)1-2-10(9)17-12(18)13(11(16)20)3-5-19-6-4-13/h1-2,7H,3-6H2,(H2,16,20)(H,17,18). The minimum Gasteiger partial charge on any atom is -0.392 e. The molecule has 20 heavy (non-hydrogen) atoms. The molecule has 1 aliphatic heterocycles.